The van der Waals surface area contributed by atoms with E-state index in [9.17, 15) is 10.1 Å². The third-order valence-electron chi connectivity index (χ3n) is 2.75. The predicted octanol–water partition coefficient (Wildman–Crippen LogP) is 2.31. The number of anilines is 2. The van der Waals surface area contributed by atoms with Crippen LogP contribution < -0.4 is 10.6 Å². The van der Waals surface area contributed by atoms with Crippen LogP contribution in [0.2, 0.25) is 0 Å². The molecule has 0 aliphatic carbocycles. The van der Waals surface area contributed by atoms with E-state index in [1.54, 1.807) is 12.1 Å². The van der Waals surface area contributed by atoms with Gasteiger partial charge in [0.2, 0.25) is 0 Å². The number of rotatable bonds is 3. The largest absolute Gasteiger partial charge is 0.384 e. The number of aromatic nitrogens is 1. The predicted molar refractivity (Wildman–Crippen MR) is 75.1 cm³/mol. The van der Waals surface area contributed by atoms with Gasteiger partial charge in [-0.3, -0.25) is 10.1 Å². The molecule has 6 nitrogen and oxygen atoms in total. The van der Waals surface area contributed by atoms with Crippen molar-refractivity contribution in [2.75, 3.05) is 24.7 Å². The molecule has 1 aromatic carbocycles. The average Bonchev–Trinajstić information content (AvgIpc) is 2.38. The van der Waals surface area contributed by atoms with Gasteiger partial charge in [0.1, 0.15) is 5.82 Å². The van der Waals surface area contributed by atoms with Gasteiger partial charge in [0.25, 0.3) is 5.69 Å². The van der Waals surface area contributed by atoms with E-state index in [1.165, 1.54) is 12.1 Å². The first-order valence-electron chi connectivity index (χ1n) is 5.67. The minimum absolute atomic E-state index is 0.0493. The number of nitro groups is 1. The second kappa shape index (κ2) is 4.93. The van der Waals surface area contributed by atoms with E-state index in [1.807, 2.05) is 31.1 Å². The van der Waals surface area contributed by atoms with E-state index in [0.717, 1.165) is 5.69 Å². The molecule has 0 fully saturated rings. The number of nitrogens with zero attached hydrogens (tertiary/aromatic N) is 3. The zero-order valence-corrected chi connectivity index (χ0v) is 10.7. The molecular weight excluding hydrogens is 244 g/mol. The van der Waals surface area contributed by atoms with Gasteiger partial charge in [-0.25, -0.2) is 4.98 Å². The van der Waals surface area contributed by atoms with Crippen molar-refractivity contribution in [2.45, 2.75) is 0 Å². The maximum atomic E-state index is 11.0. The van der Waals surface area contributed by atoms with Crippen LogP contribution in [0.5, 0.6) is 0 Å². The number of hydrogen-bond donors (Lipinski definition) is 1. The van der Waals surface area contributed by atoms with E-state index in [4.69, 9.17) is 5.73 Å². The fraction of sp³-hybridized carbons (Fsp3) is 0.154. The molecule has 2 N–H and O–H groups in total. The molecule has 19 heavy (non-hydrogen) atoms. The van der Waals surface area contributed by atoms with Gasteiger partial charge in [0.15, 0.2) is 5.69 Å². The Kier molecular flexibility index (Phi) is 3.33. The molecule has 0 atom stereocenters. The molecule has 0 saturated heterocycles. The number of pyridine rings is 1. The molecule has 0 spiro atoms. The van der Waals surface area contributed by atoms with Crippen LogP contribution in [0.4, 0.5) is 17.2 Å². The molecule has 0 unspecified atom stereocenters. The standard InChI is InChI=1S/C13H14N4O2/c1-16(2)10-5-3-9(4-6-10)13-11(17(18)19)7-8-12(14)15-13/h3-8H,1-2H3,(H2,14,15). The minimum Gasteiger partial charge on any atom is -0.384 e. The average molecular weight is 258 g/mol. The molecule has 0 aliphatic heterocycles. The fourth-order valence-electron chi connectivity index (χ4n) is 1.74. The molecule has 6 heteroatoms. The molecule has 0 saturated carbocycles. The first-order valence-corrected chi connectivity index (χ1v) is 5.67. The molecule has 0 radical (unpaired) electrons. The van der Waals surface area contributed by atoms with Crippen LogP contribution >= 0.6 is 0 Å². The number of benzene rings is 1. The second-order valence-corrected chi connectivity index (χ2v) is 4.30. The summed E-state index contributed by atoms with van der Waals surface area (Å²) >= 11 is 0. The third kappa shape index (κ3) is 2.62. The Morgan fingerprint density at radius 1 is 1.16 bits per heavy atom. The number of hydrogen-bond acceptors (Lipinski definition) is 5. The van der Waals surface area contributed by atoms with Crippen molar-refractivity contribution in [3.8, 4) is 11.3 Å². The topological polar surface area (TPSA) is 85.3 Å². The molecule has 98 valence electrons. The smallest absolute Gasteiger partial charge is 0.295 e. The maximum Gasteiger partial charge on any atom is 0.295 e. The quantitative estimate of drug-likeness (QED) is 0.674. The van der Waals surface area contributed by atoms with E-state index in [-0.39, 0.29) is 17.2 Å². The Morgan fingerprint density at radius 2 is 1.79 bits per heavy atom. The summed E-state index contributed by atoms with van der Waals surface area (Å²) in [6, 6.07) is 10.1. The van der Waals surface area contributed by atoms with Gasteiger partial charge in [-0.05, 0) is 18.2 Å². The van der Waals surface area contributed by atoms with Crippen LogP contribution in [0.25, 0.3) is 11.3 Å². The van der Waals surface area contributed by atoms with Gasteiger partial charge in [-0.15, -0.1) is 0 Å². The summed E-state index contributed by atoms with van der Waals surface area (Å²) in [4.78, 5) is 16.6. The second-order valence-electron chi connectivity index (χ2n) is 4.30. The molecule has 0 aliphatic rings. The van der Waals surface area contributed by atoms with Gasteiger partial charge in [-0.2, -0.15) is 0 Å². The van der Waals surface area contributed by atoms with Gasteiger partial charge in [-0.1, -0.05) is 12.1 Å². The zero-order chi connectivity index (χ0) is 14.0. The van der Waals surface area contributed by atoms with Gasteiger partial charge >= 0.3 is 0 Å². The summed E-state index contributed by atoms with van der Waals surface area (Å²) in [6.07, 6.45) is 0. The minimum atomic E-state index is -0.457. The van der Waals surface area contributed by atoms with Gasteiger partial charge in [0.05, 0.1) is 4.92 Å². The van der Waals surface area contributed by atoms with Crippen molar-refractivity contribution in [3.05, 3.63) is 46.5 Å². The highest BCUT2D eigenvalue weighted by Crippen LogP contribution is 2.29. The van der Waals surface area contributed by atoms with E-state index < -0.39 is 4.92 Å². The first kappa shape index (κ1) is 12.8. The number of nitrogen functional groups attached to an aromatic ring is 1. The molecule has 1 aromatic heterocycles. The Hall–Kier alpha value is -2.63. The Labute approximate surface area is 110 Å². The van der Waals surface area contributed by atoms with Gasteiger partial charge in [0, 0.05) is 31.4 Å². The fourth-order valence-corrected chi connectivity index (χ4v) is 1.74. The van der Waals surface area contributed by atoms with E-state index in [2.05, 4.69) is 4.98 Å². The summed E-state index contributed by atoms with van der Waals surface area (Å²) in [5.74, 6) is 0.261. The highest BCUT2D eigenvalue weighted by atomic mass is 16.6. The summed E-state index contributed by atoms with van der Waals surface area (Å²) in [5, 5.41) is 11.0. The lowest BCUT2D eigenvalue weighted by molar-refractivity contribution is -0.384. The Balaban J connectivity index is 2.51. The highest BCUT2D eigenvalue weighted by Gasteiger charge is 2.17. The van der Waals surface area contributed by atoms with Crippen molar-refractivity contribution in [1.82, 2.24) is 4.98 Å². The van der Waals surface area contributed by atoms with Crippen molar-refractivity contribution in [1.29, 1.82) is 0 Å². The summed E-state index contributed by atoms with van der Waals surface area (Å²) < 4.78 is 0. The van der Waals surface area contributed by atoms with Crippen molar-refractivity contribution >= 4 is 17.2 Å². The first-order chi connectivity index (χ1) is 8.99. The lowest BCUT2D eigenvalue weighted by Crippen LogP contribution is -2.08. The Morgan fingerprint density at radius 3 is 2.32 bits per heavy atom. The van der Waals surface area contributed by atoms with Crippen LogP contribution in [0, 0.1) is 10.1 Å². The SMILES string of the molecule is CN(C)c1ccc(-c2nc(N)ccc2[N+](=O)[O-])cc1. The van der Waals surface area contributed by atoms with Crippen molar-refractivity contribution < 1.29 is 4.92 Å². The molecular formula is C13H14N4O2. The monoisotopic (exact) mass is 258 g/mol. The molecule has 2 aromatic rings. The van der Waals surface area contributed by atoms with E-state index >= 15 is 0 Å². The molecule has 1 heterocycles. The van der Waals surface area contributed by atoms with Crippen LogP contribution in [-0.4, -0.2) is 24.0 Å². The lowest BCUT2D eigenvalue weighted by Gasteiger charge is -2.12. The third-order valence-corrected chi connectivity index (χ3v) is 2.75. The van der Waals surface area contributed by atoms with Gasteiger partial charge < -0.3 is 10.6 Å². The maximum absolute atomic E-state index is 11.0. The highest BCUT2D eigenvalue weighted by molar-refractivity contribution is 5.72. The van der Waals surface area contributed by atoms with E-state index in [0.29, 0.717) is 5.56 Å². The van der Waals surface area contributed by atoms with Crippen molar-refractivity contribution in [2.24, 2.45) is 0 Å². The number of nitrogens with two attached hydrogens (primary N) is 1. The Bertz CT molecular complexity index is 609. The lowest BCUT2D eigenvalue weighted by atomic mass is 10.1. The van der Waals surface area contributed by atoms with Crippen LogP contribution in [0.15, 0.2) is 36.4 Å². The molecule has 0 bridgehead atoms. The normalized spacial score (nSPS) is 10.2. The summed E-state index contributed by atoms with van der Waals surface area (Å²) in [5.41, 5.74) is 7.52. The molecule has 2 rings (SSSR count). The summed E-state index contributed by atoms with van der Waals surface area (Å²) in [6.45, 7) is 0. The van der Waals surface area contributed by atoms with Crippen molar-refractivity contribution in [3.63, 3.8) is 0 Å². The van der Waals surface area contributed by atoms with Crippen LogP contribution in [-0.2, 0) is 0 Å². The van der Waals surface area contributed by atoms with Crippen LogP contribution in [0.1, 0.15) is 0 Å². The summed E-state index contributed by atoms with van der Waals surface area (Å²) in [7, 11) is 3.85. The molecule has 0 amide bonds. The van der Waals surface area contributed by atoms with Crippen LogP contribution in [0.3, 0.4) is 0 Å². The zero-order valence-electron chi connectivity index (χ0n) is 10.7.